The number of hydrogen-bond acceptors (Lipinski definition) is 4. The second-order valence-corrected chi connectivity index (χ2v) is 5.47. The number of nitrogens with zero attached hydrogens (tertiary/aromatic N) is 1. The Bertz CT molecular complexity index is 722. The Morgan fingerprint density at radius 3 is 2.46 bits per heavy atom. The topological polar surface area (TPSA) is 51.2 Å². The molecule has 128 valence electrons. The van der Waals surface area contributed by atoms with Gasteiger partial charge < -0.3 is 10.1 Å². The molecule has 0 radical (unpaired) electrons. The van der Waals surface area contributed by atoms with Crippen LogP contribution in [0.3, 0.4) is 0 Å². The van der Waals surface area contributed by atoms with Gasteiger partial charge in [0.1, 0.15) is 12.4 Å². The average molecular weight is 379 g/mol. The molecule has 2 aromatic rings. The maximum atomic E-state index is 12.5. The highest BCUT2D eigenvalue weighted by Gasteiger charge is 2.31. The molecule has 0 fully saturated rings. The van der Waals surface area contributed by atoms with E-state index in [1.54, 1.807) is 12.1 Å². The summed E-state index contributed by atoms with van der Waals surface area (Å²) in [5, 5.41) is 3.02. The summed E-state index contributed by atoms with van der Waals surface area (Å²) in [7, 11) is 0. The van der Waals surface area contributed by atoms with E-state index in [1.807, 2.05) is 0 Å². The molecular formula is C15H11Cl2F3N2O2. The number of ether oxygens (including phenoxy) is 1. The number of pyridine rings is 1. The van der Waals surface area contributed by atoms with Gasteiger partial charge >= 0.3 is 12.1 Å². The maximum absolute atomic E-state index is 12.5. The fourth-order valence-electron chi connectivity index (χ4n) is 1.71. The molecule has 0 saturated carbocycles. The maximum Gasteiger partial charge on any atom is 0.417 e. The minimum atomic E-state index is -4.51. The lowest BCUT2D eigenvalue weighted by atomic mass is 10.2. The molecule has 0 saturated heterocycles. The van der Waals surface area contributed by atoms with Crippen molar-refractivity contribution >= 4 is 35.0 Å². The van der Waals surface area contributed by atoms with Gasteiger partial charge in [0.2, 0.25) is 0 Å². The van der Waals surface area contributed by atoms with E-state index in [0.29, 0.717) is 16.8 Å². The van der Waals surface area contributed by atoms with Crippen molar-refractivity contribution in [3.05, 3.63) is 57.7 Å². The minimum absolute atomic E-state index is 0.0134. The number of benzene rings is 1. The molecule has 4 nitrogen and oxygen atoms in total. The quantitative estimate of drug-likeness (QED) is 0.606. The SMILES string of the molecule is O=C(OCCNc1ncc(C(F)(F)F)cc1Cl)c1ccc(Cl)cc1. The molecule has 0 atom stereocenters. The normalized spacial score (nSPS) is 11.2. The lowest BCUT2D eigenvalue weighted by molar-refractivity contribution is -0.137. The van der Waals surface area contributed by atoms with Crippen molar-refractivity contribution in [2.24, 2.45) is 0 Å². The third-order valence-corrected chi connectivity index (χ3v) is 3.42. The standard InChI is InChI=1S/C15H11Cl2F3N2O2/c16-11-3-1-9(2-4-11)14(23)24-6-5-21-13-12(17)7-10(8-22-13)15(18,19)20/h1-4,7-8H,5-6H2,(H,21,22). The van der Waals surface area contributed by atoms with Crippen molar-refractivity contribution in [3.8, 4) is 0 Å². The Morgan fingerprint density at radius 2 is 1.88 bits per heavy atom. The molecule has 0 bridgehead atoms. The van der Waals surface area contributed by atoms with Gasteiger partial charge in [-0.2, -0.15) is 13.2 Å². The van der Waals surface area contributed by atoms with E-state index in [9.17, 15) is 18.0 Å². The molecular weight excluding hydrogens is 368 g/mol. The van der Waals surface area contributed by atoms with Crippen LogP contribution in [0.1, 0.15) is 15.9 Å². The van der Waals surface area contributed by atoms with Crippen LogP contribution in [0.25, 0.3) is 0 Å². The van der Waals surface area contributed by atoms with Gasteiger partial charge in [-0.3, -0.25) is 0 Å². The van der Waals surface area contributed by atoms with E-state index in [-0.39, 0.29) is 24.0 Å². The van der Waals surface area contributed by atoms with Gasteiger partial charge in [0, 0.05) is 11.2 Å². The number of carbonyl (C=O) groups excluding carboxylic acids is 1. The molecule has 1 aromatic carbocycles. The summed E-state index contributed by atoms with van der Waals surface area (Å²) in [6.45, 7) is 0.123. The van der Waals surface area contributed by atoms with Crippen LogP contribution < -0.4 is 5.32 Å². The van der Waals surface area contributed by atoms with E-state index in [2.05, 4.69) is 10.3 Å². The van der Waals surface area contributed by atoms with Crippen LogP contribution in [0.5, 0.6) is 0 Å². The van der Waals surface area contributed by atoms with Gasteiger partial charge in [0.25, 0.3) is 0 Å². The zero-order chi connectivity index (χ0) is 17.7. The molecule has 0 amide bonds. The van der Waals surface area contributed by atoms with Gasteiger partial charge in [0.05, 0.1) is 22.7 Å². The average Bonchev–Trinajstić information content (AvgIpc) is 2.52. The Morgan fingerprint density at radius 1 is 1.21 bits per heavy atom. The molecule has 2 rings (SSSR count). The van der Waals surface area contributed by atoms with Crippen molar-refractivity contribution in [1.29, 1.82) is 0 Å². The molecule has 0 unspecified atom stereocenters. The predicted octanol–water partition coefficient (Wildman–Crippen LogP) is 4.68. The number of halogens is 5. The third kappa shape index (κ3) is 5.01. The first-order valence-corrected chi connectivity index (χ1v) is 7.42. The lowest BCUT2D eigenvalue weighted by Gasteiger charge is -2.11. The van der Waals surface area contributed by atoms with E-state index in [1.165, 1.54) is 12.1 Å². The Kier molecular flexibility index (Phi) is 5.90. The predicted molar refractivity (Wildman–Crippen MR) is 84.5 cm³/mol. The number of anilines is 1. The number of nitrogens with one attached hydrogen (secondary N) is 1. The zero-order valence-corrected chi connectivity index (χ0v) is 13.5. The Labute approximate surface area is 145 Å². The molecule has 9 heteroatoms. The van der Waals surface area contributed by atoms with E-state index < -0.39 is 17.7 Å². The highest BCUT2D eigenvalue weighted by Crippen LogP contribution is 2.32. The van der Waals surface area contributed by atoms with Crippen LogP contribution in [0, 0.1) is 0 Å². The number of carbonyl (C=O) groups is 1. The smallest absolute Gasteiger partial charge is 0.417 e. The van der Waals surface area contributed by atoms with Gasteiger partial charge in [-0.25, -0.2) is 9.78 Å². The molecule has 0 aliphatic rings. The summed E-state index contributed by atoms with van der Waals surface area (Å²) in [6, 6.07) is 6.93. The largest absolute Gasteiger partial charge is 0.460 e. The second kappa shape index (κ2) is 7.72. The monoisotopic (exact) mass is 378 g/mol. The van der Waals surface area contributed by atoms with Crippen LogP contribution in [-0.2, 0) is 10.9 Å². The lowest BCUT2D eigenvalue weighted by Crippen LogP contribution is -2.15. The van der Waals surface area contributed by atoms with Gasteiger partial charge in [-0.05, 0) is 30.3 Å². The summed E-state index contributed by atoms with van der Waals surface area (Å²) in [5.74, 6) is -0.466. The minimum Gasteiger partial charge on any atom is -0.460 e. The second-order valence-electron chi connectivity index (χ2n) is 4.62. The molecule has 0 aliphatic heterocycles. The van der Waals surface area contributed by atoms with Crippen molar-refractivity contribution in [3.63, 3.8) is 0 Å². The van der Waals surface area contributed by atoms with Gasteiger partial charge in [-0.1, -0.05) is 23.2 Å². The Hall–Kier alpha value is -1.99. The molecule has 1 N–H and O–H groups in total. The van der Waals surface area contributed by atoms with E-state index in [4.69, 9.17) is 27.9 Å². The van der Waals surface area contributed by atoms with Crippen LogP contribution in [-0.4, -0.2) is 24.1 Å². The zero-order valence-electron chi connectivity index (χ0n) is 12.0. The molecule has 1 aromatic heterocycles. The summed E-state index contributed by atoms with van der Waals surface area (Å²) >= 11 is 11.5. The summed E-state index contributed by atoms with van der Waals surface area (Å²) < 4.78 is 42.5. The van der Waals surface area contributed by atoms with Crippen LogP contribution in [0.2, 0.25) is 10.0 Å². The highest BCUT2D eigenvalue weighted by molar-refractivity contribution is 6.33. The fraction of sp³-hybridized carbons (Fsp3) is 0.200. The fourth-order valence-corrected chi connectivity index (χ4v) is 2.06. The third-order valence-electron chi connectivity index (χ3n) is 2.88. The van der Waals surface area contributed by atoms with Crippen LogP contribution in [0.4, 0.5) is 19.0 Å². The first-order valence-electron chi connectivity index (χ1n) is 6.66. The number of esters is 1. The molecule has 0 spiro atoms. The van der Waals surface area contributed by atoms with Crippen molar-refractivity contribution in [1.82, 2.24) is 4.98 Å². The number of hydrogen-bond donors (Lipinski definition) is 1. The number of rotatable bonds is 5. The van der Waals surface area contributed by atoms with E-state index in [0.717, 1.165) is 6.07 Å². The molecule has 1 heterocycles. The summed E-state index contributed by atoms with van der Waals surface area (Å²) in [5.41, 5.74) is -0.600. The van der Waals surface area contributed by atoms with E-state index >= 15 is 0 Å². The number of alkyl halides is 3. The van der Waals surface area contributed by atoms with Crippen molar-refractivity contribution in [2.45, 2.75) is 6.18 Å². The summed E-state index contributed by atoms with van der Waals surface area (Å²) in [4.78, 5) is 15.3. The van der Waals surface area contributed by atoms with Crippen LogP contribution >= 0.6 is 23.2 Å². The first-order chi connectivity index (χ1) is 11.3. The van der Waals surface area contributed by atoms with Crippen LogP contribution in [0.15, 0.2) is 36.5 Å². The van der Waals surface area contributed by atoms with Gasteiger partial charge in [-0.15, -0.1) is 0 Å². The summed E-state index contributed by atoms with van der Waals surface area (Å²) in [6.07, 6.45) is -3.84. The molecule has 24 heavy (non-hydrogen) atoms. The first kappa shape index (κ1) is 18.4. The van der Waals surface area contributed by atoms with Crippen molar-refractivity contribution < 1.29 is 22.7 Å². The molecule has 0 aliphatic carbocycles. The Balaban J connectivity index is 1.84. The highest BCUT2D eigenvalue weighted by atomic mass is 35.5. The van der Waals surface area contributed by atoms with Gasteiger partial charge in [0.15, 0.2) is 0 Å². The number of aromatic nitrogens is 1. The van der Waals surface area contributed by atoms with Crippen molar-refractivity contribution in [2.75, 3.05) is 18.5 Å².